The highest BCUT2D eigenvalue weighted by Crippen LogP contribution is 2.43. The highest BCUT2D eigenvalue weighted by Gasteiger charge is 2.45. The highest BCUT2D eigenvalue weighted by molar-refractivity contribution is 6.11. The Morgan fingerprint density at radius 2 is 1.71 bits per heavy atom. The van der Waals surface area contributed by atoms with Crippen LogP contribution < -0.4 is 15.0 Å². The SMILES string of the molecule is CC1(C)C(=O)N(c2ccc(OC(=O)Nc3ccccc3)cc2)c2ncccc21. The van der Waals surface area contributed by atoms with Gasteiger partial charge in [0, 0.05) is 17.4 Å². The average Bonchev–Trinajstić information content (AvgIpc) is 2.90. The van der Waals surface area contributed by atoms with Crippen LogP contribution in [-0.2, 0) is 10.2 Å². The number of rotatable bonds is 3. The van der Waals surface area contributed by atoms with Crippen molar-refractivity contribution in [1.82, 2.24) is 4.98 Å². The largest absolute Gasteiger partial charge is 0.417 e. The van der Waals surface area contributed by atoms with Gasteiger partial charge >= 0.3 is 6.09 Å². The molecule has 2 heterocycles. The van der Waals surface area contributed by atoms with Gasteiger partial charge in [0.2, 0.25) is 5.91 Å². The van der Waals surface area contributed by atoms with Gasteiger partial charge in [-0.3, -0.25) is 15.0 Å². The van der Waals surface area contributed by atoms with Crippen molar-refractivity contribution in [3.63, 3.8) is 0 Å². The number of hydrogen-bond donors (Lipinski definition) is 1. The van der Waals surface area contributed by atoms with Crippen molar-refractivity contribution >= 4 is 29.2 Å². The number of amides is 2. The van der Waals surface area contributed by atoms with Gasteiger partial charge in [-0.1, -0.05) is 24.3 Å². The second kappa shape index (κ2) is 6.81. The number of hydrogen-bond acceptors (Lipinski definition) is 4. The molecule has 0 bridgehead atoms. The fraction of sp³-hybridized carbons (Fsp3) is 0.136. The Morgan fingerprint density at radius 3 is 2.43 bits per heavy atom. The first-order chi connectivity index (χ1) is 13.5. The van der Waals surface area contributed by atoms with Crippen LogP contribution in [0.2, 0.25) is 0 Å². The van der Waals surface area contributed by atoms with Crippen molar-refractivity contribution in [1.29, 1.82) is 0 Å². The van der Waals surface area contributed by atoms with Crippen LogP contribution in [0.5, 0.6) is 5.75 Å². The summed E-state index contributed by atoms with van der Waals surface area (Å²) in [5, 5.41) is 2.66. The Labute approximate surface area is 162 Å². The van der Waals surface area contributed by atoms with E-state index < -0.39 is 11.5 Å². The molecule has 2 amide bonds. The molecule has 0 radical (unpaired) electrons. The van der Waals surface area contributed by atoms with Crippen LogP contribution in [0.25, 0.3) is 0 Å². The Balaban J connectivity index is 1.52. The highest BCUT2D eigenvalue weighted by atomic mass is 16.6. The zero-order valence-electron chi connectivity index (χ0n) is 15.5. The average molecular weight is 373 g/mol. The maximum absolute atomic E-state index is 12.9. The van der Waals surface area contributed by atoms with E-state index in [-0.39, 0.29) is 5.91 Å². The molecule has 1 N–H and O–H groups in total. The minimum Gasteiger partial charge on any atom is -0.410 e. The lowest BCUT2D eigenvalue weighted by atomic mass is 9.87. The molecule has 0 spiro atoms. The van der Waals surface area contributed by atoms with E-state index in [1.165, 1.54) is 0 Å². The number of anilines is 3. The topological polar surface area (TPSA) is 71.5 Å². The molecule has 6 heteroatoms. The van der Waals surface area contributed by atoms with Crippen LogP contribution in [0.3, 0.4) is 0 Å². The Hall–Kier alpha value is -3.67. The fourth-order valence-electron chi connectivity index (χ4n) is 3.23. The van der Waals surface area contributed by atoms with Gasteiger partial charge in [0.05, 0.1) is 11.1 Å². The lowest BCUT2D eigenvalue weighted by molar-refractivity contribution is -0.121. The third-order valence-electron chi connectivity index (χ3n) is 4.74. The molecule has 140 valence electrons. The van der Waals surface area contributed by atoms with Crippen LogP contribution >= 0.6 is 0 Å². The predicted molar refractivity (Wildman–Crippen MR) is 107 cm³/mol. The first-order valence-corrected chi connectivity index (χ1v) is 8.91. The van der Waals surface area contributed by atoms with E-state index >= 15 is 0 Å². The monoisotopic (exact) mass is 373 g/mol. The first kappa shape index (κ1) is 17.7. The summed E-state index contributed by atoms with van der Waals surface area (Å²) in [6.45, 7) is 3.78. The zero-order valence-corrected chi connectivity index (χ0v) is 15.5. The molecule has 4 rings (SSSR count). The molecule has 3 aromatic rings. The van der Waals surface area contributed by atoms with Crippen LogP contribution in [0.15, 0.2) is 72.9 Å². The normalized spacial score (nSPS) is 14.5. The number of pyridine rings is 1. The van der Waals surface area contributed by atoms with E-state index in [2.05, 4.69) is 10.3 Å². The van der Waals surface area contributed by atoms with E-state index in [1.54, 1.807) is 47.5 Å². The van der Waals surface area contributed by atoms with Gasteiger partial charge in [0.1, 0.15) is 11.6 Å². The molecule has 0 atom stereocenters. The van der Waals surface area contributed by atoms with Crippen LogP contribution in [0.1, 0.15) is 19.4 Å². The van der Waals surface area contributed by atoms with Gasteiger partial charge in [-0.25, -0.2) is 9.78 Å². The predicted octanol–water partition coefficient (Wildman–Crippen LogP) is 4.65. The van der Waals surface area contributed by atoms with Crippen molar-refractivity contribution < 1.29 is 14.3 Å². The van der Waals surface area contributed by atoms with Crippen LogP contribution in [0, 0.1) is 0 Å². The van der Waals surface area contributed by atoms with Gasteiger partial charge < -0.3 is 4.74 Å². The first-order valence-electron chi connectivity index (χ1n) is 8.91. The number of carbonyl (C=O) groups excluding carboxylic acids is 2. The lowest BCUT2D eigenvalue weighted by Gasteiger charge is -2.20. The second-order valence-corrected chi connectivity index (χ2v) is 7.01. The number of aromatic nitrogens is 1. The third-order valence-corrected chi connectivity index (χ3v) is 4.74. The Kier molecular flexibility index (Phi) is 4.31. The number of para-hydroxylation sites is 1. The smallest absolute Gasteiger partial charge is 0.410 e. The molecule has 1 aliphatic rings. The minimum atomic E-state index is -0.645. The second-order valence-electron chi connectivity index (χ2n) is 7.01. The standard InChI is InChI=1S/C22H19N3O3/c1-22(2)18-9-6-14-23-19(18)25(20(22)26)16-10-12-17(13-11-16)28-21(27)24-15-7-4-3-5-8-15/h3-14H,1-2H3,(H,24,27). The van der Waals surface area contributed by atoms with E-state index in [4.69, 9.17) is 4.74 Å². The molecule has 28 heavy (non-hydrogen) atoms. The summed E-state index contributed by atoms with van der Waals surface area (Å²) >= 11 is 0. The van der Waals surface area contributed by atoms with Crippen molar-refractivity contribution in [2.75, 3.05) is 10.2 Å². The molecule has 0 unspecified atom stereocenters. The molecule has 0 saturated carbocycles. The molecular weight excluding hydrogens is 354 g/mol. The molecule has 6 nitrogen and oxygen atoms in total. The summed E-state index contributed by atoms with van der Waals surface area (Å²) in [4.78, 5) is 30.9. The van der Waals surface area contributed by atoms with E-state index in [0.29, 0.717) is 22.9 Å². The molecular formula is C22H19N3O3. The van der Waals surface area contributed by atoms with Crippen molar-refractivity contribution in [3.8, 4) is 5.75 Å². The van der Waals surface area contributed by atoms with E-state index in [9.17, 15) is 9.59 Å². The molecule has 0 saturated heterocycles. The Morgan fingerprint density at radius 1 is 1.00 bits per heavy atom. The summed E-state index contributed by atoms with van der Waals surface area (Å²) in [7, 11) is 0. The lowest BCUT2D eigenvalue weighted by Crippen LogP contribution is -2.33. The molecule has 2 aromatic carbocycles. The van der Waals surface area contributed by atoms with Gasteiger partial charge in [0.15, 0.2) is 0 Å². The molecule has 1 aromatic heterocycles. The fourth-order valence-corrected chi connectivity index (χ4v) is 3.23. The summed E-state index contributed by atoms with van der Waals surface area (Å²) in [6, 6.07) is 19.6. The maximum Gasteiger partial charge on any atom is 0.417 e. The van der Waals surface area contributed by atoms with Gasteiger partial charge in [-0.2, -0.15) is 0 Å². The zero-order chi connectivity index (χ0) is 19.7. The van der Waals surface area contributed by atoms with Crippen molar-refractivity contribution in [2.45, 2.75) is 19.3 Å². The summed E-state index contributed by atoms with van der Waals surface area (Å²) in [6.07, 6.45) is 1.09. The quantitative estimate of drug-likeness (QED) is 0.725. The molecule has 0 aliphatic carbocycles. The summed E-state index contributed by atoms with van der Waals surface area (Å²) < 4.78 is 5.30. The Bertz CT molecular complexity index is 1030. The van der Waals surface area contributed by atoms with Crippen LogP contribution in [0.4, 0.5) is 22.0 Å². The van der Waals surface area contributed by atoms with Gasteiger partial charge in [-0.05, 0) is 56.3 Å². The minimum absolute atomic E-state index is 0.0447. The maximum atomic E-state index is 12.9. The summed E-state index contributed by atoms with van der Waals surface area (Å²) in [5.41, 5.74) is 1.57. The summed E-state index contributed by atoms with van der Waals surface area (Å²) in [5.74, 6) is 0.967. The number of nitrogens with one attached hydrogen (secondary N) is 1. The van der Waals surface area contributed by atoms with Gasteiger partial charge in [0.25, 0.3) is 0 Å². The van der Waals surface area contributed by atoms with Gasteiger partial charge in [-0.15, -0.1) is 0 Å². The number of benzene rings is 2. The third kappa shape index (κ3) is 3.09. The van der Waals surface area contributed by atoms with Crippen LogP contribution in [-0.4, -0.2) is 17.0 Å². The molecule has 1 aliphatic heterocycles. The van der Waals surface area contributed by atoms with E-state index in [0.717, 1.165) is 5.56 Å². The van der Waals surface area contributed by atoms with Crippen molar-refractivity contribution in [2.24, 2.45) is 0 Å². The number of fused-ring (bicyclic) bond motifs is 1. The van der Waals surface area contributed by atoms with E-state index in [1.807, 2.05) is 44.2 Å². The number of carbonyl (C=O) groups is 2. The number of nitrogens with zero attached hydrogens (tertiary/aromatic N) is 2. The number of ether oxygens (including phenoxy) is 1. The van der Waals surface area contributed by atoms with Crippen molar-refractivity contribution in [3.05, 3.63) is 78.5 Å². The molecule has 0 fully saturated rings.